The van der Waals surface area contributed by atoms with Gasteiger partial charge in [-0.1, -0.05) is 12.1 Å². The standard InChI is InChI=1S/C22H20N4O2S2/c1-3-28-18-9-7-16(8-10-18)25-22-26-20(13-30-22)21(27)24-17-6-4-5-15(11-17)19-12-29-14(2)23-19/h4-13H,3H2,1-2H3,(H,24,27)(H,25,26). The van der Waals surface area contributed by atoms with Gasteiger partial charge in [0.2, 0.25) is 0 Å². The van der Waals surface area contributed by atoms with Crippen LogP contribution in [0.25, 0.3) is 11.3 Å². The second-order valence-corrected chi connectivity index (χ2v) is 8.33. The number of carbonyl (C=O) groups is 1. The molecule has 0 fully saturated rings. The van der Waals surface area contributed by atoms with E-state index in [4.69, 9.17) is 4.74 Å². The lowest BCUT2D eigenvalue weighted by atomic mass is 10.1. The molecule has 2 aromatic heterocycles. The lowest BCUT2D eigenvalue weighted by Crippen LogP contribution is -2.12. The van der Waals surface area contributed by atoms with Crippen LogP contribution in [0.3, 0.4) is 0 Å². The first-order chi connectivity index (χ1) is 14.6. The molecule has 152 valence electrons. The highest BCUT2D eigenvalue weighted by Crippen LogP contribution is 2.26. The normalized spacial score (nSPS) is 10.6. The van der Waals surface area contributed by atoms with Gasteiger partial charge in [-0.05, 0) is 50.2 Å². The van der Waals surface area contributed by atoms with Crippen molar-refractivity contribution in [2.24, 2.45) is 0 Å². The zero-order valence-electron chi connectivity index (χ0n) is 16.5. The van der Waals surface area contributed by atoms with Crippen LogP contribution in [0, 0.1) is 6.92 Å². The lowest BCUT2D eigenvalue weighted by molar-refractivity contribution is 0.102. The van der Waals surface area contributed by atoms with Gasteiger partial charge >= 0.3 is 0 Å². The Hall–Kier alpha value is -3.23. The molecule has 2 heterocycles. The number of aromatic nitrogens is 2. The molecule has 0 bridgehead atoms. The second-order valence-electron chi connectivity index (χ2n) is 6.41. The van der Waals surface area contributed by atoms with Gasteiger partial charge in [-0.2, -0.15) is 0 Å². The van der Waals surface area contributed by atoms with E-state index in [9.17, 15) is 4.79 Å². The molecule has 0 radical (unpaired) electrons. The van der Waals surface area contributed by atoms with E-state index < -0.39 is 0 Å². The first-order valence-electron chi connectivity index (χ1n) is 9.40. The average molecular weight is 437 g/mol. The maximum atomic E-state index is 12.6. The van der Waals surface area contributed by atoms with E-state index in [2.05, 4.69) is 20.6 Å². The van der Waals surface area contributed by atoms with Gasteiger partial charge in [0.05, 0.1) is 17.3 Å². The number of hydrogen-bond acceptors (Lipinski definition) is 7. The van der Waals surface area contributed by atoms with Crippen molar-refractivity contribution in [3.8, 4) is 17.0 Å². The third-order valence-corrected chi connectivity index (χ3v) is 5.72. The van der Waals surface area contributed by atoms with E-state index in [0.717, 1.165) is 27.7 Å². The molecule has 0 atom stereocenters. The number of nitrogens with zero attached hydrogens (tertiary/aromatic N) is 2. The van der Waals surface area contributed by atoms with Crippen molar-refractivity contribution in [2.45, 2.75) is 13.8 Å². The fourth-order valence-electron chi connectivity index (χ4n) is 2.81. The highest BCUT2D eigenvalue weighted by atomic mass is 32.1. The molecule has 1 amide bonds. The number of nitrogens with one attached hydrogen (secondary N) is 2. The van der Waals surface area contributed by atoms with Crippen molar-refractivity contribution >= 4 is 45.1 Å². The Labute approximate surface area is 182 Å². The van der Waals surface area contributed by atoms with Crippen LogP contribution in [-0.2, 0) is 0 Å². The summed E-state index contributed by atoms with van der Waals surface area (Å²) in [7, 11) is 0. The number of hydrogen-bond donors (Lipinski definition) is 2. The van der Waals surface area contributed by atoms with Gasteiger partial charge in [0.25, 0.3) is 5.91 Å². The fourth-order valence-corrected chi connectivity index (χ4v) is 4.14. The van der Waals surface area contributed by atoms with Crippen molar-refractivity contribution in [3.05, 3.63) is 70.0 Å². The number of aryl methyl sites for hydroxylation is 1. The number of amides is 1. The Morgan fingerprint density at radius 3 is 2.60 bits per heavy atom. The Morgan fingerprint density at radius 1 is 1.03 bits per heavy atom. The van der Waals surface area contributed by atoms with Crippen LogP contribution in [0.5, 0.6) is 5.75 Å². The Morgan fingerprint density at radius 2 is 1.87 bits per heavy atom. The van der Waals surface area contributed by atoms with Gasteiger partial charge in [0.15, 0.2) is 5.13 Å². The maximum absolute atomic E-state index is 12.6. The molecule has 0 spiro atoms. The summed E-state index contributed by atoms with van der Waals surface area (Å²) in [5, 5.41) is 11.5. The molecule has 4 rings (SSSR count). The van der Waals surface area contributed by atoms with Crippen molar-refractivity contribution < 1.29 is 9.53 Å². The predicted molar refractivity (Wildman–Crippen MR) is 123 cm³/mol. The first kappa shape index (κ1) is 20.1. The van der Waals surface area contributed by atoms with Gasteiger partial charge in [0, 0.05) is 27.7 Å². The van der Waals surface area contributed by atoms with Gasteiger partial charge in [0.1, 0.15) is 11.4 Å². The average Bonchev–Trinajstić information content (AvgIpc) is 3.39. The Bertz CT molecular complexity index is 1150. The summed E-state index contributed by atoms with van der Waals surface area (Å²) in [5.74, 6) is 0.565. The zero-order valence-corrected chi connectivity index (χ0v) is 18.1. The van der Waals surface area contributed by atoms with Crippen LogP contribution in [-0.4, -0.2) is 22.5 Å². The highest BCUT2D eigenvalue weighted by molar-refractivity contribution is 7.14. The number of benzene rings is 2. The number of rotatable bonds is 7. The van der Waals surface area contributed by atoms with E-state index in [-0.39, 0.29) is 5.91 Å². The molecule has 2 aromatic carbocycles. The van der Waals surface area contributed by atoms with E-state index in [0.29, 0.717) is 23.1 Å². The van der Waals surface area contributed by atoms with E-state index >= 15 is 0 Å². The van der Waals surface area contributed by atoms with Crippen LogP contribution in [0.1, 0.15) is 22.4 Å². The molecule has 0 saturated heterocycles. The summed E-state index contributed by atoms with van der Waals surface area (Å²) in [5.41, 5.74) is 3.82. The number of thiazole rings is 2. The third kappa shape index (κ3) is 4.84. The summed E-state index contributed by atoms with van der Waals surface area (Å²) in [6, 6.07) is 15.3. The number of carbonyl (C=O) groups excluding carboxylic acids is 1. The molecule has 0 saturated carbocycles. The van der Waals surface area contributed by atoms with Gasteiger partial charge in [-0.15, -0.1) is 22.7 Å². The molecule has 0 aliphatic heterocycles. The molecule has 6 nitrogen and oxygen atoms in total. The van der Waals surface area contributed by atoms with Crippen molar-refractivity contribution in [1.82, 2.24) is 9.97 Å². The van der Waals surface area contributed by atoms with Crippen LogP contribution in [0.4, 0.5) is 16.5 Å². The fraction of sp³-hybridized carbons (Fsp3) is 0.136. The maximum Gasteiger partial charge on any atom is 0.275 e. The molecule has 0 aliphatic carbocycles. The van der Waals surface area contributed by atoms with E-state index in [1.165, 1.54) is 11.3 Å². The molecule has 8 heteroatoms. The minimum Gasteiger partial charge on any atom is -0.494 e. The molecule has 30 heavy (non-hydrogen) atoms. The third-order valence-electron chi connectivity index (χ3n) is 4.19. The zero-order chi connectivity index (χ0) is 20.9. The summed E-state index contributed by atoms with van der Waals surface area (Å²) in [4.78, 5) is 21.5. The quantitative estimate of drug-likeness (QED) is 0.373. The topological polar surface area (TPSA) is 76.1 Å². The summed E-state index contributed by atoms with van der Waals surface area (Å²) >= 11 is 2.98. The molecular formula is C22H20N4O2S2. The van der Waals surface area contributed by atoms with E-state index in [1.54, 1.807) is 16.7 Å². The Kier molecular flexibility index (Phi) is 6.06. The highest BCUT2D eigenvalue weighted by Gasteiger charge is 2.12. The van der Waals surface area contributed by atoms with Crippen molar-refractivity contribution in [1.29, 1.82) is 0 Å². The Balaban J connectivity index is 1.42. The molecule has 0 aliphatic rings. The second kappa shape index (κ2) is 9.06. The molecule has 4 aromatic rings. The van der Waals surface area contributed by atoms with Crippen LogP contribution < -0.4 is 15.4 Å². The summed E-state index contributed by atoms with van der Waals surface area (Å²) in [6.45, 7) is 4.55. The summed E-state index contributed by atoms with van der Waals surface area (Å²) in [6.07, 6.45) is 0. The van der Waals surface area contributed by atoms with Gasteiger partial charge < -0.3 is 15.4 Å². The van der Waals surface area contributed by atoms with Crippen molar-refractivity contribution in [3.63, 3.8) is 0 Å². The van der Waals surface area contributed by atoms with Crippen LogP contribution in [0.2, 0.25) is 0 Å². The van der Waals surface area contributed by atoms with Crippen LogP contribution >= 0.6 is 22.7 Å². The monoisotopic (exact) mass is 436 g/mol. The van der Waals surface area contributed by atoms with Crippen LogP contribution in [0.15, 0.2) is 59.3 Å². The number of anilines is 3. The van der Waals surface area contributed by atoms with E-state index in [1.807, 2.05) is 67.8 Å². The largest absolute Gasteiger partial charge is 0.494 e. The number of ether oxygens (including phenoxy) is 1. The lowest BCUT2D eigenvalue weighted by Gasteiger charge is -2.06. The first-order valence-corrected chi connectivity index (χ1v) is 11.2. The molecule has 0 unspecified atom stereocenters. The minimum absolute atomic E-state index is 0.252. The van der Waals surface area contributed by atoms with Gasteiger partial charge in [-0.3, -0.25) is 4.79 Å². The smallest absolute Gasteiger partial charge is 0.275 e. The SMILES string of the molecule is CCOc1ccc(Nc2nc(C(=O)Nc3cccc(-c4csc(C)n4)c3)cs2)cc1. The molecular weight excluding hydrogens is 416 g/mol. The molecule has 2 N–H and O–H groups in total. The predicted octanol–water partition coefficient (Wildman–Crippen LogP) is 5.97. The van der Waals surface area contributed by atoms with Gasteiger partial charge in [-0.25, -0.2) is 9.97 Å². The van der Waals surface area contributed by atoms with Crippen molar-refractivity contribution in [2.75, 3.05) is 17.2 Å². The minimum atomic E-state index is -0.252. The summed E-state index contributed by atoms with van der Waals surface area (Å²) < 4.78 is 5.44.